The fraction of sp³-hybridized carbons (Fsp3) is 0.286. The van der Waals surface area contributed by atoms with E-state index >= 15 is 0 Å². The second kappa shape index (κ2) is 5.99. The monoisotopic (exact) mass is 231 g/mol. The molecule has 3 heteroatoms. The van der Waals surface area contributed by atoms with Crippen LogP contribution in [-0.4, -0.2) is 4.57 Å². The maximum Gasteiger partial charge on any atom is 0.111 e. The molecular formula is C14H21N3. The van der Waals surface area contributed by atoms with Crippen molar-refractivity contribution >= 4 is 22.8 Å². The number of para-hydroxylation sites is 1. The van der Waals surface area contributed by atoms with Gasteiger partial charge in [-0.05, 0) is 25.3 Å². The van der Waals surface area contributed by atoms with Crippen LogP contribution in [-0.2, 0) is 6.54 Å². The highest BCUT2D eigenvalue weighted by molar-refractivity contribution is 5.95. The molecule has 0 saturated heterocycles. The third-order valence-corrected chi connectivity index (χ3v) is 2.63. The predicted octanol–water partition coefficient (Wildman–Crippen LogP) is 3.20. The Labute approximate surface area is 103 Å². The zero-order chi connectivity index (χ0) is 12.8. The summed E-state index contributed by atoms with van der Waals surface area (Å²) in [7, 11) is 0. The van der Waals surface area contributed by atoms with Crippen molar-refractivity contribution < 1.29 is 0 Å². The zero-order valence-corrected chi connectivity index (χ0v) is 10.8. The molecule has 2 aromatic rings. The quantitative estimate of drug-likeness (QED) is 0.834. The Hall–Kier alpha value is -1.90. The van der Waals surface area contributed by atoms with Crippen molar-refractivity contribution in [3.05, 3.63) is 36.0 Å². The van der Waals surface area contributed by atoms with Crippen LogP contribution in [0.25, 0.3) is 17.0 Å². The largest absolute Gasteiger partial charge is 0.405 e. The van der Waals surface area contributed by atoms with Crippen molar-refractivity contribution in [2.45, 2.75) is 27.3 Å². The number of aryl methyl sites for hydroxylation is 1. The van der Waals surface area contributed by atoms with E-state index in [9.17, 15) is 0 Å². The molecule has 0 saturated carbocycles. The lowest BCUT2D eigenvalue weighted by molar-refractivity contribution is 0.808. The summed E-state index contributed by atoms with van der Waals surface area (Å²) in [6.07, 6.45) is 3.38. The molecule has 0 amide bonds. The van der Waals surface area contributed by atoms with Crippen LogP contribution in [0.1, 0.15) is 26.3 Å². The first-order chi connectivity index (χ1) is 8.29. The lowest BCUT2D eigenvalue weighted by Crippen LogP contribution is -2.00. The molecule has 0 unspecified atom stereocenters. The van der Waals surface area contributed by atoms with Crippen LogP contribution in [0.5, 0.6) is 0 Å². The van der Waals surface area contributed by atoms with Crippen LogP contribution in [0, 0.1) is 0 Å². The minimum atomic E-state index is 0.778. The van der Waals surface area contributed by atoms with E-state index in [0.717, 1.165) is 28.8 Å². The van der Waals surface area contributed by atoms with Gasteiger partial charge in [-0.15, -0.1) is 0 Å². The molecule has 1 heterocycles. The number of rotatable bonds is 2. The van der Waals surface area contributed by atoms with Gasteiger partial charge in [0.2, 0.25) is 0 Å². The van der Waals surface area contributed by atoms with Gasteiger partial charge in [0.15, 0.2) is 0 Å². The van der Waals surface area contributed by atoms with Crippen LogP contribution in [0.2, 0.25) is 0 Å². The summed E-state index contributed by atoms with van der Waals surface area (Å²) in [4.78, 5) is 0. The summed E-state index contributed by atoms with van der Waals surface area (Å²) >= 11 is 0. The Morgan fingerprint density at radius 3 is 2.47 bits per heavy atom. The molecule has 4 N–H and O–H groups in total. The van der Waals surface area contributed by atoms with E-state index < -0.39 is 0 Å². The normalized spacial score (nSPS) is 10.5. The van der Waals surface area contributed by atoms with Crippen LogP contribution in [0.3, 0.4) is 0 Å². The van der Waals surface area contributed by atoms with Crippen molar-refractivity contribution in [1.29, 1.82) is 0 Å². The minimum Gasteiger partial charge on any atom is -0.405 e. The van der Waals surface area contributed by atoms with Crippen molar-refractivity contribution in [3.8, 4) is 0 Å². The van der Waals surface area contributed by atoms with Gasteiger partial charge in [-0.25, -0.2) is 0 Å². The Kier molecular flexibility index (Phi) is 4.64. The Morgan fingerprint density at radius 2 is 1.88 bits per heavy atom. The minimum absolute atomic E-state index is 0.778. The van der Waals surface area contributed by atoms with Gasteiger partial charge in [-0.3, -0.25) is 0 Å². The average molecular weight is 231 g/mol. The number of hydrogen-bond donors (Lipinski definition) is 2. The van der Waals surface area contributed by atoms with Gasteiger partial charge >= 0.3 is 0 Å². The van der Waals surface area contributed by atoms with Gasteiger partial charge in [0, 0.05) is 17.5 Å². The van der Waals surface area contributed by atoms with Gasteiger partial charge in [0.1, 0.15) is 5.82 Å². The summed E-state index contributed by atoms with van der Waals surface area (Å²) in [6, 6.07) is 8.16. The van der Waals surface area contributed by atoms with Gasteiger partial charge in [-0.2, -0.15) is 0 Å². The summed E-state index contributed by atoms with van der Waals surface area (Å²) in [5.41, 5.74) is 13.7. The number of nitrogens with zero attached hydrogens (tertiary/aromatic N) is 1. The van der Waals surface area contributed by atoms with Gasteiger partial charge in [-0.1, -0.05) is 32.0 Å². The summed E-state index contributed by atoms with van der Waals surface area (Å²) in [6.45, 7) is 6.95. The second-order valence-corrected chi connectivity index (χ2v) is 3.42. The first-order valence-corrected chi connectivity index (χ1v) is 6.04. The van der Waals surface area contributed by atoms with E-state index in [1.165, 1.54) is 6.20 Å². The Balaban J connectivity index is 0.000000686. The van der Waals surface area contributed by atoms with E-state index in [0.29, 0.717) is 0 Å². The summed E-state index contributed by atoms with van der Waals surface area (Å²) < 4.78 is 2.09. The average Bonchev–Trinajstić information content (AvgIpc) is 2.65. The molecule has 0 aliphatic heterocycles. The van der Waals surface area contributed by atoms with E-state index in [1.807, 2.05) is 32.1 Å². The van der Waals surface area contributed by atoms with Gasteiger partial charge in [0.05, 0.1) is 5.52 Å². The maximum absolute atomic E-state index is 6.07. The van der Waals surface area contributed by atoms with E-state index in [4.69, 9.17) is 11.5 Å². The maximum atomic E-state index is 6.07. The van der Waals surface area contributed by atoms with E-state index in [-0.39, 0.29) is 0 Å². The number of aromatic nitrogens is 1. The molecule has 0 atom stereocenters. The van der Waals surface area contributed by atoms with Crippen LogP contribution in [0.15, 0.2) is 30.5 Å². The van der Waals surface area contributed by atoms with Crippen LogP contribution >= 0.6 is 0 Å². The Bertz CT molecular complexity index is 509. The van der Waals surface area contributed by atoms with E-state index in [2.05, 4.69) is 23.6 Å². The van der Waals surface area contributed by atoms with Crippen LogP contribution in [0.4, 0.5) is 5.82 Å². The fourth-order valence-electron chi connectivity index (χ4n) is 1.96. The lowest BCUT2D eigenvalue weighted by atomic mass is 10.1. The molecule has 1 aromatic carbocycles. The molecule has 2 rings (SSSR count). The molecule has 17 heavy (non-hydrogen) atoms. The molecule has 0 spiro atoms. The smallest absolute Gasteiger partial charge is 0.111 e. The molecule has 0 radical (unpaired) electrons. The third kappa shape index (κ3) is 2.28. The SMILES string of the molecule is CC.CCn1c(N)c(/C=C\N)c2ccccc21. The van der Waals surface area contributed by atoms with Crippen molar-refractivity contribution in [2.75, 3.05) is 5.73 Å². The number of hydrogen-bond acceptors (Lipinski definition) is 2. The van der Waals surface area contributed by atoms with Crippen molar-refractivity contribution in [1.82, 2.24) is 4.57 Å². The van der Waals surface area contributed by atoms with Crippen molar-refractivity contribution in [2.24, 2.45) is 5.73 Å². The van der Waals surface area contributed by atoms with Gasteiger partial charge < -0.3 is 16.0 Å². The predicted molar refractivity (Wildman–Crippen MR) is 76.6 cm³/mol. The molecule has 0 aliphatic rings. The molecular weight excluding hydrogens is 210 g/mol. The molecule has 3 nitrogen and oxygen atoms in total. The molecule has 0 fully saturated rings. The number of anilines is 1. The molecule has 92 valence electrons. The number of nitrogens with two attached hydrogens (primary N) is 2. The number of nitrogen functional groups attached to an aromatic ring is 1. The first kappa shape index (κ1) is 13.2. The summed E-state index contributed by atoms with van der Waals surface area (Å²) in [5.74, 6) is 0.778. The summed E-state index contributed by atoms with van der Waals surface area (Å²) in [5, 5.41) is 1.15. The van der Waals surface area contributed by atoms with Crippen molar-refractivity contribution in [3.63, 3.8) is 0 Å². The molecule has 0 bridgehead atoms. The standard InChI is InChI=1S/C12H15N3.C2H6/c1-2-15-11-6-4-3-5-9(11)10(7-8-13)12(15)14;1-2/h3-8H,2,13-14H2,1H3;1-2H3/b8-7-;. The molecule has 0 aliphatic carbocycles. The van der Waals surface area contributed by atoms with Gasteiger partial charge in [0.25, 0.3) is 0 Å². The third-order valence-electron chi connectivity index (χ3n) is 2.63. The van der Waals surface area contributed by atoms with Crippen LogP contribution < -0.4 is 11.5 Å². The Morgan fingerprint density at radius 1 is 1.24 bits per heavy atom. The highest BCUT2D eigenvalue weighted by atomic mass is 15.0. The number of fused-ring (bicyclic) bond motifs is 1. The number of benzene rings is 1. The lowest BCUT2D eigenvalue weighted by Gasteiger charge is -2.02. The second-order valence-electron chi connectivity index (χ2n) is 3.42. The highest BCUT2D eigenvalue weighted by Crippen LogP contribution is 2.28. The first-order valence-electron chi connectivity index (χ1n) is 6.04. The zero-order valence-electron chi connectivity index (χ0n) is 10.8. The topological polar surface area (TPSA) is 57.0 Å². The highest BCUT2D eigenvalue weighted by Gasteiger charge is 2.10. The molecule has 1 aromatic heterocycles. The van der Waals surface area contributed by atoms with E-state index in [1.54, 1.807) is 0 Å². The fourth-order valence-corrected chi connectivity index (χ4v) is 1.96.